The van der Waals surface area contributed by atoms with Gasteiger partial charge in [0.15, 0.2) is 0 Å². The number of ether oxygens (including phenoxy) is 1. The van der Waals surface area contributed by atoms with Gasteiger partial charge in [-0.05, 0) is 39.0 Å². The molecule has 0 spiro atoms. The Morgan fingerprint density at radius 3 is 3.06 bits per heavy atom. The van der Waals surface area contributed by atoms with E-state index in [-0.39, 0.29) is 11.9 Å². The van der Waals surface area contributed by atoms with E-state index in [0.29, 0.717) is 19.8 Å². The zero-order chi connectivity index (χ0) is 13.0. The van der Waals surface area contributed by atoms with Crippen LogP contribution in [0.1, 0.15) is 39.0 Å². The van der Waals surface area contributed by atoms with Gasteiger partial charge in [0.1, 0.15) is 0 Å². The highest BCUT2D eigenvalue weighted by Crippen LogP contribution is 2.27. The standard InChI is InChI=1S/C14H24N2O2/c1-14(10-18-9-12(14)15)13(17)16-8-7-11-5-3-2-4-6-11/h5,12H,2-4,6-10,15H2,1H3,(H,16,17). The van der Waals surface area contributed by atoms with Crippen molar-refractivity contribution in [2.24, 2.45) is 11.1 Å². The third-order valence-electron chi connectivity index (χ3n) is 4.15. The monoisotopic (exact) mass is 252 g/mol. The van der Waals surface area contributed by atoms with Gasteiger partial charge in [0.05, 0.1) is 18.6 Å². The summed E-state index contributed by atoms with van der Waals surface area (Å²) in [5, 5.41) is 3.00. The molecule has 2 unspecified atom stereocenters. The van der Waals surface area contributed by atoms with Gasteiger partial charge in [-0.3, -0.25) is 4.79 Å². The van der Waals surface area contributed by atoms with Gasteiger partial charge in [0, 0.05) is 12.6 Å². The van der Waals surface area contributed by atoms with Gasteiger partial charge in [0.25, 0.3) is 0 Å². The number of carbonyl (C=O) groups excluding carboxylic acids is 1. The van der Waals surface area contributed by atoms with Crippen molar-refractivity contribution in [1.82, 2.24) is 5.32 Å². The predicted molar refractivity (Wildman–Crippen MR) is 71.1 cm³/mol. The van der Waals surface area contributed by atoms with Gasteiger partial charge in [-0.2, -0.15) is 0 Å². The fourth-order valence-electron chi connectivity index (χ4n) is 2.59. The van der Waals surface area contributed by atoms with Gasteiger partial charge < -0.3 is 15.8 Å². The molecule has 3 N–H and O–H groups in total. The Balaban J connectivity index is 1.76. The van der Waals surface area contributed by atoms with Crippen LogP contribution in [0.3, 0.4) is 0 Å². The van der Waals surface area contributed by atoms with Crippen LogP contribution in [0, 0.1) is 5.41 Å². The summed E-state index contributed by atoms with van der Waals surface area (Å²) in [5.74, 6) is 0.0314. The van der Waals surface area contributed by atoms with Crippen molar-refractivity contribution >= 4 is 5.91 Å². The van der Waals surface area contributed by atoms with E-state index in [0.717, 1.165) is 6.42 Å². The number of hydrogen-bond acceptors (Lipinski definition) is 3. The Labute approximate surface area is 109 Å². The second kappa shape index (κ2) is 5.85. The van der Waals surface area contributed by atoms with Crippen LogP contribution in [0.15, 0.2) is 11.6 Å². The number of nitrogens with two attached hydrogens (primary N) is 1. The lowest BCUT2D eigenvalue weighted by Crippen LogP contribution is -2.50. The van der Waals surface area contributed by atoms with Gasteiger partial charge in [-0.15, -0.1) is 0 Å². The fraction of sp³-hybridized carbons (Fsp3) is 0.786. The van der Waals surface area contributed by atoms with E-state index in [2.05, 4.69) is 11.4 Å². The molecular weight excluding hydrogens is 228 g/mol. The first-order valence-corrected chi connectivity index (χ1v) is 6.92. The Morgan fingerprint density at radius 2 is 2.44 bits per heavy atom. The molecule has 4 heteroatoms. The van der Waals surface area contributed by atoms with Gasteiger partial charge in [-0.25, -0.2) is 0 Å². The Kier molecular flexibility index (Phi) is 4.40. The quantitative estimate of drug-likeness (QED) is 0.742. The molecule has 0 aromatic heterocycles. The van der Waals surface area contributed by atoms with Crippen LogP contribution < -0.4 is 11.1 Å². The van der Waals surface area contributed by atoms with E-state index in [9.17, 15) is 4.79 Å². The largest absolute Gasteiger partial charge is 0.379 e. The average Bonchev–Trinajstić information content (AvgIpc) is 2.72. The Bertz CT molecular complexity index is 341. The second-order valence-electron chi connectivity index (χ2n) is 5.65. The summed E-state index contributed by atoms with van der Waals surface area (Å²) >= 11 is 0. The molecule has 0 aromatic carbocycles. The molecule has 1 aliphatic heterocycles. The minimum absolute atomic E-state index is 0.0314. The summed E-state index contributed by atoms with van der Waals surface area (Å²) < 4.78 is 5.29. The SMILES string of the molecule is CC1(C(=O)NCCC2=CCCCC2)COCC1N. The number of allylic oxidation sites excluding steroid dienone is 1. The fourth-order valence-corrected chi connectivity index (χ4v) is 2.59. The lowest BCUT2D eigenvalue weighted by molar-refractivity contribution is -0.130. The highest BCUT2D eigenvalue weighted by Gasteiger charge is 2.44. The van der Waals surface area contributed by atoms with Crippen molar-refractivity contribution in [3.63, 3.8) is 0 Å². The van der Waals surface area contributed by atoms with Gasteiger partial charge in [0.2, 0.25) is 5.91 Å². The Morgan fingerprint density at radius 1 is 1.61 bits per heavy atom. The maximum Gasteiger partial charge on any atom is 0.229 e. The smallest absolute Gasteiger partial charge is 0.229 e. The number of rotatable bonds is 4. The van der Waals surface area contributed by atoms with Crippen molar-refractivity contribution in [3.8, 4) is 0 Å². The molecule has 0 bridgehead atoms. The van der Waals surface area contributed by atoms with Gasteiger partial charge >= 0.3 is 0 Å². The maximum atomic E-state index is 12.1. The highest BCUT2D eigenvalue weighted by molar-refractivity contribution is 5.83. The maximum absolute atomic E-state index is 12.1. The van der Waals surface area contributed by atoms with E-state index in [1.54, 1.807) is 0 Å². The van der Waals surface area contributed by atoms with Crippen LogP contribution in [0.5, 0.6) is 0 Å². The van der Waals surface area contributed by atoms with E-state index in [1.807, 2.05) is 6.92 Å². The highest BCUT2D eigenvalue weighted by atomic mass is 16.5. The summed E-state index contributed by atoms with van der Waals surface area (Å²) in [4.78, 5) is 12.1. The van der Waals surface area contributed by atoms with Crippen molar-refractivity contribution in [2.45, 2.75) is 45.1 Å². The zero-order valence-corrected chi connectivity index (χ0v) is 11.2. The van der Waals surface area contributed by atoms with Crippen LogP contribution in [0.2, 0.25) is 0 Å². The number of nitrogens with one attached hydrogen (secondary N) is 1. The van der Waals surface area contributed by atoms with Crippen LogP contribution in [0.4, 0.5) is 0 Å². The minimum Gasteiger partial charge on any atom is -0.379 e. The molecule has 2 aliphatic rings. The molecule has 4 nitrogen and oxygen atoms in total. The van der Waals surface area contributed by atoms with E-state index in [1.165, 1.54) is 31.3 Å². The van der Waals surface area contributed by atoms with Crippen LogP contribution >= 0.6 is 0 Å². The zero-order valence-electron chi connectivity index (χ0n) is 11.2. The molecule has 1 aliphatic carbocycles. The molecule has 1 heterocycles. The molecule has 2 atom stereocenters. The molecule has 1 amide bonds. The molecular formula is C14H24N2O2. The Hall–Kier alpha value is -0.870. The molecule has 0 aromatic rings. The molecule has 0 saturated carbocycles. The van der Waals surface area contributed by atoms with Crippen molar-refractivity contribution in [1.29, 1.82) is 0 Å². The summed E-state index contributed by atoms with van der Waals surface area (Å²) in [7, 11) is 0. The normalized spacial score (nSPS) is 32.1. The van der Waals surface area contributed by atoms with Crippen LogP contribution in [-0.2, 0) is 9.53 Å². The number of carbonyl (C=O) groups is 1. The first-order chi connectivity index (χ1) is 8.63. The van der Waals surface area contributed by atoms with Crippen molar-refractivity contribution in [3.05, 3.63) is 11.6 Å². The molecule has 1 saturated heterocycles. The lowest BCUT2D eigenvalue weighted by Gasteiger charge is -2.25. The summed E-state index contributed by atoms with van der Waals surface area (Å²) in [6.45, 7) is 3.52. The first-order valence-electron chi connectivity index (χ1n) is 6.92. The number of hydrogen-bond donors (Lipinski definition) is 2. The molecule has 1 fully saturated rings. The van der Waals surface area contributed by atoms with E-state index in [4.69, 9.17) is 10.5 Å². The van der Waals surface area contributed by atoms with Crippen molar-refractivity contribution < 1.29 is 9.53 Å². The topological polar surface area (TPSA) is 64.3 Å². The molecule has 18 heavy (non-hydrogen) atoms. The average molecular weight is 252 g/mol. The molecule has 102 valence electrons. The van der Waals surface area contributed by atoms with Gasteiger partial charge in [-0.1, -0.05) is 11.6 Å². The van der Waals surface area contributed by atoms with Crippen molar-refractivity contribution in [2.75, 3.05) is 19.8 Å². The first kappa shape index (κ1) is 13.6. The lowest BCUT2D eigenvalue weighted by atomic mass is 9.85. The summed E-state index contributed by atoms with van der Waals surface area (Å²) in [6, 6.07) is -0.189. The third-order valence-corrected chi connectivity index (χ3v) is 4.15. The van der Waals surface area contributed by atoms with Crippen LogP contribution in [-0.4, -0.2) is 31.7 Å². The second-order valence-corrected chi connectivity index (χ2v) is 5.65. The van der Waals surface area contributed by atoms with Crippen LogP contribution in [0.25, 0.3) is 0 Å². The minimum atomic E-state index is -0.555. The molecule has 2 rings (SSSR count). The molecule has 0 radical (unpaired) electrons. The third kappa shape index (κ3) is 2.93. The summed E-state index contributed by atoms with van der Waals surface area (Å²) in [6.07, 6.45) is 8.27. The number of amides is 1. The summed E-state index contributed by atoms with van der Waals surface area (Å²) in [5.41, 5.74) is 6.86. The van der Waals surface area contributed by atoms with E-state index < -0.39 is 5.41 Å². The predicted octanol–water partition coefficient (Wildman–Crippen LogP) is 1.36. The van der Waals surface area contributed by atoms with E-state index >= 15 is 0 Å².